The molecule has 27 heavy (non-hydrogen) atoms. The summed E-state index contributed by atoms with van der Waals surface area (Å²) in [6.45, 7) is 20.8. The molecule has 162 valence electrons. The van der Waals surface area contributed by atoms with Crippen LogP contribution in [0.3, 0.4) is 0 Å². The van der Waals surface area contributed by atoms with E-state index < -0.39 is 0 Å². The van der Waals surface area contributed by atoms with Gasteiger partial charge >= 0.3 is 0 Å². The molecular weight excluding hydrogens is 328 g/mol. The third-order valence-corrected chi connectivity index (χ3v) is 6.61. The molecule has 0 spiro atoms. The number of hydrogen-bond donors (Lipinski definition) is 0. The molecule has 0 bridgehead atoms. The Balaban J connectivity index is 3.87. The Morgan fingerprint density at radius 1 is 0.704 bits per heavy atom. The summed E-state index contributed by atoms with van der Waals surface area (Å²) in [5, 5.41) is 0. The van der Waals surface area contributed by atoms with Gasteiger partial charge in [0.05, 0.1) is 0 Å². The van der Waals surface area contributed by atoms with E-state index in [-0.39, 0.29) is 0 Å². The van der Waals surface area contributed by atoms with Gasteiger partial charge in [-0.2, -0.15) is 0 Å². The van der Waals surface area contributed by atoms with E-state index in [1.165, 1.54) is 57.8 Å². The number of ketones is 1. The largest absolute Gasteiger partial charge is 0.300 e. The fourth-order valence-electron chi connectivity index (χ4n) is 4.08. The van der Waals surface area contributed by atoms with E-state index in [4.69, 9.17) is 0 Å². The Kier molecular flexibility index (Phi) is 12.8. The van der Waals surface area contributed by atoms with Gasteiger partial charge in [0, 0.05) is 6.42 Å². The van der Waals surface area contributed by atoms with Gasteiger partial charge < -0.3 is 4.79 Å². The average molecular weight is 381 g/mol. The molecule has 0 fully saturated rings. The summed E-state index contributed by atoms with van der Waals surface area (Å²) >= 11 is 0. The van der Waals surface area contributed by atoms with Gasteiger partial charge in [0.2, 0.25) is 0 Å². The maximum atomic E-state index is 11.1. The van der Waals surface area contributed by atoms with Crippen molar-refractivity contribution in [3.05, 3.63) is 0 Å². The van der Waals surface area contributed by atoms with E-state index in [1.807, 2.05) is 0 Å². The molecule has 0 amide bonds. The van der Waals surface area contributed by atoms with Crippen molar-refractivity contribution in [2.45, 2.75) is 133 Å². The molecule has 0 aromatic carbocycles. The first kappa shape index (κ1) is 26.7. The summed E-state index contributed by atoms with van der Waals surface area (Å²) in [5.74, 6) is 2.62. The zero-order valence-electron chi connectivity index (χ0n) is 20.4. The molecule has 0 saturated carbocycles. The first-order valence-corrected chi connectivity index (χ1v) is 11.8. The van der Waals surface area contributed by atoms with E-state index in [2.05, 4.69) is 55.4 Å². The van der Waals surface area contributed by atoms with Gasteiger partial charge in [-0.05, 0) is 61.2 Å². The van der Waals surface area contributed by atoms with Crippen molar-refractivity contribution >= 4 is 5.78 Å². The van der Waals surface area contributed by atoms with Gasteiger partial charge in [0.15, 0.2) is 0 Å². The molecule has 0 rings (SSSR count). The molecule has 0 aliphatic rings. The third-order valence-electron chi connectivity index (χ3n) is 6.61. The zero-order valence-corrected chi connectivity index (χ0v) is 20.4. The maximum Gasteiger partial charge on any atom is 0.129 e. The summed E-state index contributed by atoms with van der Waals surface area (Å²) in [7, 11) is 0. The predicted molar refractivity (Wildman–Crippen MR) is 122 cm³/mol. The smallest absolute Gasteiger partial charge is 0.129 e. The maximum absolute atomic E-state index is 11.1. The fraction of sp³-hybridized carbons (Fsp3) is 0.962. The minimum atomic E-state index is 0.337. The monoisotopic (exact) mass is 380 g/mol. The van der Waals surface area contributed by atoms with Crippen molar-refractivity contribution in [3.63, 3.8) is 0 Å². The quantitative estimate of drug-likeness (QED) is 0.277. The van der Waals surface area contributed by atoms with Crippen LogP contribution in [0.1, 0.15) is 133 Å². The number of Topliss-reactive ketones (excluding diaryl/α,β-unsaturated/α-hetero) is 1. The van der Waals surface area contributed by atoms with Gasteiger partial charge in [-0.25, -0.2) is 0 Å². The highest BCUT2D eigenvalue weighted by atomic mass is 16.1. The zero-order chi connectivity index (χ0) is 21.1. The molecule has 0 radical (unpaired) electrons. The van der Waals surface area contributed by atoms with Crippen LogP contribution in [-0.4, -0.2) is 5.78 Å². The van der Waals surface area contributed by atoms with Crippen LogP contribution in [0.2, 0.25) is 0 Å². The van der Waals surface area contributed by atoms with Crippen molar-refractivity contribution in [3.8, 4) is 0 Å². The fourth-order valence-corrected chi connectivity index (χ4v) is 4.08. The molecule has 0 saturated heterocycles. The Morgan fingerprint density at radius 2 is 1.22 bits per heavy atom. The molecular formula is C26H52O. The molecule has 1 heteroatoms. The second kappa shape index (κ2) is 13.0. The second-order valence-corrected chi connectivity index (χ2v) is 11.7. The SMILES string of the molecule is CC(=O)CCC(C)C(C)CCCC(C)CCCC(C)(C)CCCC(C)(C)C. The van der Waals surface area contributed by atoms with Crippen LogP contribution in [-0.2, 0) is 4.79 Å². The first-order chi connectivity index (χ1) is 12.3. The van der Waals surface area contributed by atoms with Gasteiger partial charge in [-0.1, -0.05) is 93.9 Å². The Morgan fingerprint density at radius 3 is 1.78 bits per heavy atom. The van der Waals surface area contributed by atoms with Crippen molar-refractivity contribution < 1.29 is 4.79 Å². The standard InChI is InChI=1S/C26H52O/c1-21(13-10-15-22(2)23(3)16-17-24(4)27)14-11-19-26(8,9)20-12-18-25(5,6)7/h21-23H,10-20H2,1-9H3. The molecule has 0 N–H and O–H groups in total. The number of carbonyl (C=O) groups is 1. The molecule has 0 aromatic heterocycles. The van der Waals surface area contributed by atoms with Gasteiger partial charge in [0.25, 0.3) is 0 Å². The van der Waals surface area contributed by atoms with Gasteiger partial charge in [-0.15, -0.1) is 0 Å². The van der Waals surface area contributed by atoms with Gasteiger partial charge in [-0.3, -0.25) is 0 Å². The topological polar surface area (TPSA) is 17.1 Å². The van der Waals surface area contributed by atoms with Gasteiger partial charge in [0.1, 0.15) is 5.78 Å². The van der Waals surface area contributed by atoms with E-state index in [9.17, 15) is 4.79 Å². The summed E-state index contributed by atoms with van der Waals surface area (Å²) in [5.41, 5.74) is 0.983. The highest BCUT2D eigenvalue weighted by molar-refractivity contribution is 5.75. The normalized spacial score (nSPS) is 16.2. The van der Waals surface area contributed by atoms with Crippen LogP contribution in [0.15, 0.2) is 0 Å². The van der Waals surface area contributed by atoms with Crippen LogP contribution in [0, 0.1) is 28.6 Å². The number of carbonyl (C=O) groups excluding carboxylic acids is 1. The Hall–Kier alpha value is -0.330. The molecule has 0 aliphatic heterocycles. The Labute approximate surface area is 172 Å². The van der Waals surface area contributed by atoms with Crippen molar-refractivity contribution in [2.75, 3.05) is 0 Å². The van der Waals surface area contributed by atoms with Crippen LogP contribution >= 0.6 is 0 Å². The van der Waals surface area contributed by atoms with Crippen molar-refractivity contribution in [2.24, 2.45) is 28.6 Å². The molecule has 0 aliphatic carbocycles. The lowest BCUT2D eigenvalue weighted by atomic mass is 9.79. The lowest BCUT2D eigenvalue weighted by Crippen LogP contribution is -2.14. The minimum absolute atomic E-state index is 0.337. The van der Waals surface area contributed by atoms with Crippen molar-refractivity contribution in [1.82, 2.24) is 0 Å². The summed E-state index contributed by atoms with van der Waals surface area (Å²) in [6.07, 6.45) is 14.1. The number of hydrogen-bond acceptors (Lipinski definition) is 1. The van der Waals surface area contributed by atoms with Crippen LogP contribution < -0.4 is 0 Å². The molecule has 0 aromatic rings. The summed E-state index contributed by atoms with van der Waals surface area (Å²) in [6, 6.07) is 0. The van der Waals surface area contributed by atoms with Crippen LogP contribution in [0.5, 0.6) is 0 Å². The van der Waals surface area contributed by atoms with E-state index in [0.29, 0.717) is 22.5 Å². The number of rotatable bonds is 15. The Bertz CT molecular complexity index is 388. The third kappa shape index (κ3) is 16.3. The lowest BCUT2D eigenvalue weighted by molar-refractivity contribution is -0.117. The lowest BCUT2D eigenvalue weighted by Gasteiger charge is -2.27. The highest BCUT2D eigenvalue weighted by Gasteiger charge is 2.20. The van der Waals surface area contributed by atoms with Crippen molar-refractivity contribution in [1.29, 1.82) is 0 Å². The first-order valence-electron chi connectivity index (χ1n) is 11.8. The highest BCUT2D eigenvalue weighted by Crippen LogP contribution is 2.33. The molecule has 3 atom stereocenters. The summed E-state index contributed by atoms with van der Waals surface area (Å²) in [4.78, 5) is 11.1. The predicted octanol–water partition coefficient (Wildman–Crippen LogP) is 8.85. The van der Waals surface area contributed by atoms with E-state index in [1.54, 1.807) is 6.92 Å². The van der Waals surface area contributed by atoms with E-state index in [0.717, 1.165) is 24.7 Å². The molecule has 1 nitrogen and oxygen atoms in total. The summed E-state index contributed by atoms with van der Waals surface area (Å²) < 4.78 is 0. The van der Waals surface area contributed by atoms with Crippen LogP contribution in [0.4, 0.5) is 0 Å². The molecule has 3 unspecified atom stereocenters. The van der Waals surface area contributed by atoms with E-state index >= 15 is 0 Å². The minimum Gasteiger partial charge on any atom is -0.300 e. The molecule has 0 heterocycles. The van der Waals surface area contributed by atoms with Crippen LogP contribution in [0.25, 0.3) is 0 Å². The average Bonchev–Trinajstić information content (AvgIpc) is 2.50. The second-order valence-electron chi connectivity index (χ2n) is 11.7.